The molecule has 0 fully saturated rings. The lowest BCUT2D eigenvalue weighted by Gasteiger charge is -2.10. The highest BCUT2D eigenvalue weighted by molar-refractivity contribution is 14.1. The average Bonchev–Trinajstić information content (AvgIpc) is 3.22. The summed E-state index contributed by atoms with van der Waals surface area (Å²) in [6, 6.07) is 38.4. The van der Waals surface area contributed by atoms with Gasteiger partial charge in [0.1, 0.15) is 36.2 Å². The van der Waals surface area contributed by atoms with Crippen molar-refractivity contribution in [2.45, 2.75) is 55.6 Å². The Balaban J connectivity index is 0.000000973. The molecular formula is C47H50BF6IO10. The molecule has 6 rings (SSSR count). The van der Waals surface area contributed by atoms with Crippen LogP contribution in [0.4, 0.5) is 26.3 Å². The maximum Gasteiger partial charge on any atom is 0.573 e. The molecule has 0 bridgehead atoms. The van der Waals surface area contributed by atoms with Crippen molar-refractivity contribution in [3.63, 3.8) is 0 Å². The van der Waals surface area contributed by atoms with Crippen molar-refractivity contribution in [2.75, 3.05) is 7.11 Å². The van der Waals surface area contributed by atoms with E-state index in [1.807, 2.05) is 36.4 Å². The van der Waals surface area contributed by atoms with Crippen LogP contribution in [0.3, 0.4) is 0 Å². The van der Waals surface area contributed by atoms with E-state index < -0.39 is 31.6 Å². The summed E-state index contributed by atoms with van der Waals surface area (Å²) in [7, 11) is -0.327. The first-order valence-electron chi connectivity index (χ1n) is 17.6. The second kappa shape index (κ2) is 27.8. The van der Waals surface area contributed by atoms with Crippen molar-refractivity contribution < 1.29 is 74.8 Å². The van der Waals surface area contributed by atoms with Crippen LogP contribution in [0.15, 0.2) is 146 Å². The van der Waals surface area contributed by atoms with Crippen LogP contribution < -0.4 is 24.4 Å². The normalized spacial score (nSPS) is 10.1. The first-order valence-corrected chi connectivity index (χ1v) is 18.6. The van der Waals surface area contributed by atoms with Gasteiger partial charge >= 0.3 is 31.8 Å². The number of hydrogen-bond donors (Lipinski definition) is 3. The average molecular weight is 1030 g/mol. The summed E-state index contributed by atoms with van der Waals surface area (Å²) in [5.41, 5.74) is 4.01. The summed E-state index contributed by atoms with van der Waals surface area (Å²) in [6.07, 6.45) is -9.45. The van der Waals surface area contributed by atoms with Gasteiger partial charge in [0, 0.05) is 3.57 Å². The standard InChI is InChI=1S/C21H15F3O4.C15H13IO3.C7H6BF3O3.4CH4/c22-21(23,24)28-19-10-6-16(7-11-19)15-4-8-18(9-5-15)27-13-14-2-1-3-17(12-14)20(25)26;1-18-15(17)12-4-2-3-11(9-12)10-19-14-7-5-13(16)6-8-14;9-7(10,11)14-6-3-1-5(2-4-6)8(12)13;;;;/h1-12H,13H2,(H,25,26);2-9H,10H2,1H3;1-4,12-13H;4*1H4. The van der Waals surface area contributed by atoms with Gasteiger partial charge in [-0.2, -0.15) is 0 Å². The highest BCUT2D eigenvalue weighted by Gasteiger charge is 2.31. The molecule has 10 nitrogen and oxygen atoms in total. The number of carboxylic acid groups (broad SMARTS) is 1. The third-order valence-electron chi connectivity index (χ3n) is 7.83. The molecule has 0 saturated carbocycles. The number of ether oxygens (including phenoxy) is 5. The molecule has 0 unspecified atom stereocenters. The predicted octanol–water partition coefficient (Wildman–Crippen LogP) is 12.0. The van der Waals surface area contributed by atoms with Gasteiger partial charge in [-0.15, -0.1) is 26.3 Å². The number of carbonyl (C=O) groups is 2. The van der Waals surface area contributed by atoms with Gasteiger partial charge < -0.3 is 38.8 Å². The van der Waals surface area contributed by atoms with Crippen molar-refractivity contribution in [1.29, 1.82) is 0 Å². The third-order valence-corrected chi connectivity index (χ3v) is 8.55. The Bertz CT molecular complexity index is 2310. The number of carbonyl (C=O) groups excluding carboxylic acids is 1. The SMILES string of the molecule is C.C.C.C.COC(=O)c1cccc(COc2ccc(I)cc2)c1.O=C(O)c1cccc(COc2ccc(-c3ccc(OC(F)(F)F)cc3)cc2)c1.OB(O)c1ccc(OC(F)(F)F)cc1. The zero-order valence-corrected chi connectivity index (χ0v) is 33.9. The zero-order chi connectivity index (χ0) is 44.6. The molecule has 0 heterocycles. The number of rotatable bonds is 12. The van der Waals surface area contributed by atoms with Crippen molar-refractivity contribution >= 4 is 47.1 Å². The van der Waals surface area contributed by atoms with E-state index in [2.05, 4.69) is 36.8 Å². The van der Waals surface area contributed by atoms with Gasteiger partial charge in [0.15, 0.2) is 0 Å². The number of hydrogen-bond acceptors (Lipinski definition) is 9. The molecule has 0 amide bonds. The fourth-order valence-electron chi connectivity index (χ4n) is 5.00. The molecule has 0 aliphatic carbocycles. The summed E-state index contributed by atoms with van der Waals surface area (Å²) in [5, 5.41) is 26.3. The topological polar surface area (TPSA) is 141 Å². The molecule has 6 aromatic carbocycles. The second-order valence-electron chi connectivity index (χ2n) is 12.3. The number of esters is 1. The van der Waals surface area contributed by atoms with E-state index in [0.717, 1.165) is 55.8 Å². The Morgan fingerprint density at radius 1 is 0.554 bits per heavy atom. The van der Waals surface area contributed by atoms with Crippen LogP contribution in [0.2, 0.25) is 0 Å². The van der Waals surface area contributed by atoms with Gasteiger partial charge in [-0.05, 0) is 135 Å². The molecule has 0 radical (unpaired) electrons. The highest BCUT2D eigenvalue weighted by atomic mass is 127. The lowest BCUT2D eigenvalue weighted by atomic mass is 9.80. The van der Waals surface area contributed by atoms with Crippen LogP contribution in [0.5, 0.6) is 23.0 Å². The molecule has 0 aliphatic heterocycles. The number of halogens is 7. The minimum Gasteiger partial charge on any atom is -0.489 e. The molecule has 0 saturated heterocycles. The number of carboxylic acids is 1. The number of alkyl halides is 6. The van der Waals surface area contributed by atoms with Crippen molar-refractivity contribution in [1.82, 2.24) is 0 Å². The minimum atomic E-state index is -4.74. The number of benzene rings is 6. The molecule has 0 spiro atoms. The van der Waals surface area contributed by atoms with Crippen LogP contribution in [0.1, 0.15) is 61.5 Å². The highest BCUT2D eigenvalue weighted by Crippen LogP contribution is 2.28. The molecule has 18 heteroatoms. The number of aromatic carboxylic acids is 1. The smallest absolute Gasteiger partial charge is 0.489 e. The molecule has 3 N–H and O–H groups in total. The van der Waals surface area contributed by atoms with Crippen LogP contribution in [-0.4, -0.2) is 54.0 Å². The van der Waals surface area contributed by atoms with Crippen LogP contribution >= 0.6 is 22.6 Å². The molecule has 350 valence electrons. The van der Waals surface area contributed by atoms with Gasteiger partial charge in [0.05, 0.1) is 18.2 Å². The minimum absolute atomic E-state index is 0. The largest absolute Gasteiger partial charge is 0.573 e. The predicted molar refractivity (Wildman–Crippen MR) is 247 cm³/mol. The van der Waals surface area contributed by atoms with E-state index in [9.17, 15) is 35.9 Å². The van der Waals surface area contributed by atoms with Gasteiger partial charge in [-0.25, -0.2) is 9.59 Å². The van der Waals surface area contributed by atoms with Gasteiger partial charge in [-0.1, -0.05) is 90.4 Å². The Labute approximate surface area is 388 Å². The van der Waals surface area contributed by atoms with Crippen LogP contribution in [-0.2, 0) is 18.0 Å². The fraction of sp³-hybridized carbons (Fsp3) is 0.191. The summed E-state index contributed by atoms with van der Waals surface area (Å²) in [4.78, 5) is 22.4. The van der Waals surface area contributed by atoms with Gasteiger partial charge in [0.2, 0.25) is 0 Å². The van der Waals surface area contributed by atoms with E-state index in [-0.39, 0.29) is 59.1 Å². The fourth-order valence-corrected chi connectivity index (χ4v) is 5.36. The quantitative estimate of drug-likeness (QED) is 0.0469. The maximum absolute atomic E-state index is 12.2. The molecule has 65 heavy (non-hydrogen) atoms. The van der Waals surface area contributed by atoms with E-state index in [0.29, 0.717) is 17.9 Å². The molecule has 0 aromatic heterocycles. The van der Waals surface area contributed by atoms with Crippen molar-refractivity contribution in [3.8, 4) is 34.1 Å². The third kappa shape index (κ3) is 21.3. The Morgan fingerprint density at radius 2 is 0.923 bits per heavy atom. The second-order valence-corrected chi connectivity index (χ2v) is 13.6. The van der Waals surface area contributed by atoms with Gasteiger partial charge in [0.25, 0.3) is 0 Å². The molecule has 0 atom stereocenters. The molecular weight excluding hydrogens is 976 g/mol. The number of methoxy groups -OCH3 is 1. The molecule has 6 aromatic rings. The first-order chi connectivity index (χ1) is 28.9. The maximum atomic E-state index is 12.2. The van der Waals surface area contributed by atoms with Crippen molar-refractivity contribution in [3.05, 3.63) is 171 Å². The van der Waals surface area contributed by atoms with E-state index in [1.165, 1.54) is 37.4 Å². The summed E-state index contributed by atoms with van der Waals surface area (Å²) < 4.78 is 96.2. The van der Waals surface area contributed by atoms with Crippen molar-refractivity contribution in [2.24, 2.45) is 0 Å². The molecule has 0 aliphatic rings. The summed E-state index contributed by atoms with van der Waals surface area (Å²) in [5.74, 6) is -0.624. The van der Waals surface area contributed by atoms with E-state index in [1.54, 1.807) is 54.6 Å². The Kier molecular flexibility index (Phi) is 25.2. The summed E-state index contributed by atoms with van der Waals surface area (Å²) in [6.45, 7) is 0.634. The summed E-state index contributed by atoms with van der Waals surface area (Å²) >= 11 is 2.25. The Morgan fingerprint density at radius 3 is 1.31 bits per heavy atom. The van der Waals surface area contributed by atoms with Crippen LogP contribution in [0.25, 0.3) is 11.1 Å². The first kappa shape index (κ1) is 58.8. The monoisotopic (exact) mass is 1030 g/mol. The lowest BCUT2D eigenvalue weighted by molar-refractivity contribution is -0.275. The van der Waals surface area contributed by atoms with Crippen LogP contribution in [0, 0.1) is 3.57 Å². The lowest BCUT2D eigenvalue weighted by Crippen LogP contribution is -2.29. The van der Waals surface area contributed by atoms with E-state index in [4.69, 9.17) is 24.6 Å². The Hall–Kier alpha value is -6.25. The van der Waals surface area contributed by atoms with E-state index >= 15 is 0 Å². The zero-order valence-electron chi connectivity index (χ0n) is 31.7. The van der Waals surface area contributed by atoms with Gasteiger partial charge in [-0.3, -0.25) is 0 Å².